The lowest BCUT2D eigenvalue weighted by molar-refractivity contribution is 0.102. The van der Waals surface area contributed by atoms with Gasteiger partial charge in [-0.25, -0.2) is 16.8 Å². The highest BCUT2D eigenvalue weighted by Gasteiger charge is 2.18. The molecule has 0 heterocycles. The zero-order valence-corrected chi connectivity index (χ0v) is 22.5. The fourth-order valence-electron chi connectivity index (χ4n) is 3.54. The zero-order valence-electron chi connectivity index (χ0n) is 20.9. The number of amides is 1. The molecule has 0 atom stereocenters. The average molecular weight is 568 g/mol. The number of hydrogen-bond acceptors (Lipinski definition) is 7. The van der Waals surface area contributed by atoms with E-state index in [0.29, 0.717) is 11.4 Å². The van der Waals surface area contributed by atoms with Crippen molar-refractivity contribution < 1.29 is 31.1 Å². The van der Waals surface area contributed by atoms with Crippen LogP contribution in [0.5, 0.6) is 11.5 Å². The van der Waals surface area contributed by atoms with Crippen LogP contribution in [-0.2, 0) is 20.0 Å². The van der Waals surface area contributed by atoms with E-state index in [-0.39, 0.29) is 32.5 Å². The normalized spacial score (nSPS) is 11.3. The fourth-order valence-corrected chi connectivity index (χ4v) is 5.69. The highest BCUT2D eigenvalue weighted by molar-refractivity contribution is 7.93. The molecule has 3 N–H and O–H groups in total. The molecule has 1 amide bonds. The van der Waals surface area contributed by atoms with Crippen LogP contribution in [0.3, 0.4) is 0 Å². The summed E-state index contributed by atoms with van der Waals surface area (Å²) in [6.45, 7) is 0. The van der Waals surface area contributed by atoms with Gasteiger partial charge >= 0.3 is 0 Å². The van der Waals surface area contributed by atoms with Crippen molar-refractivity contribution in [2.75, 3.05) is 29.0 Å². The molecule has 0 radical (unpaired) electrons. The summed E-state index contributed by atoms with van der Waals surface area (Å²) in [7, 11) is -4.88. The molecule has 10 nitrogen and oxygen atoms in total. The van der Waals surface area contributed by atoms with Crippen LogP contribution in [-0.4, -0.2) is 37.0 Å². The van der Waals surface area contributed by atoms with Gasteiger partial charge < -0.3 is 14.8 Å². The number of sulfonamides is 2. The lowest BCUT2D eigenvalue weighted by Crippen LogP contribution is -2.16. The molecule has 4 aromatic carbocycles. The van der Waals surface area contributed by atoms with E-state index >= 15 is 0 Å². The van der Waals surface area contributed by atoms with Crippen LogP contribution >= 0.6 is 0 Å². The van der Waals surface area contributed by atoms with Gasteiger partial charge in [0.15, 0.2) is 0 Å². The molecule has 4 rings (SSSR count). The van der Waals surface area contributed by atoms with Crippen molar-refractivity contribution in [1.29, 1.82) is 0 Å². The quantitative estimate of drug-likeness (QED) is 0.255. The predicted octanol–water partition coefficient (Wildman–Crippen LogP) is 4.56. The number of carbonyl (C=O) groups excluding carboxylic acids is 1. The third kappa shape index (κ3) is 6.67. The van der Waals surface area contributed by atoms with Crippen molar-refractivity contribution >= 4 is 43.0 Å². The summed E-state index contributed by atoms with van der Waals surface area (Å²) >= 11 is 0. The summed E-state index contributed by atoms with van der Waals surface area (Å²) in [5.41, 5.74) is 0.996. The second-order valence-electron chi connectivity index (χ2n) is 8.15. The third-order valence-electron chi connectivity index (χ3n) is 5.51. The van der Waals surface area contributed by atoms with Crippen LogP contribution in [0, 0.1) is 0 Å². The van der Waals surface area contributed by atoms with Crippen molar-refractivity contribution in [3.8, 4) is 11.5 Å². The van der Waals surface area contributed by atoms with Crippen LogP contribution in [0.2, 0.25) is 0 Å². The van der Waals surface area contributed by atoms with Gasteiger partial charge in [-0.05, 0) is 66.7 Å². The van der Waals surface area contributed by atoms with E-state index < -0.39 is 26.0 Å². The second-order valence-corrected chi connectivity index (χ2v) is 11.5. The van der Waals surface area contributed by atoms with Gasteiger partial charge in [0.25, 0.3) is 26.0 Å². The van der Waals surface area contributed by atoms with E-state index in [1.54, 1.807) is 36.4 Å². The fraction of sp³-hybridized carbons (Fsp3) is 0.0741. The van der Waals surface area contributed by atoms with E-state index in [4.69, 9.17) is 9.47 Å². The summed E-state index contributed by atoms with van der Waals surface area (Å²) in [6.07, 6.45) is 0. The Morgan fingerprint density at radius 1 is 0.641 bits per heavy atom. The molecule has 39 heavy (non-hydrogen) atoms. The minimum absolute atomic E-state index is 0.0318. The highest BCUT2D eigenvalue weighted by atomic mass is 32.2. The van der Waals surface area contributed by atoms with Crippen LogP contribution in [0.1, 0.15) is 10.4 Å². The summed E-state index contributed by atoms with van der Waals surface area (Å²) in [5, 5.41) is 2.67. The van der Waals surface area contributed by atoms with Gasteiger partial charge in [0.05, 0.1) is 29.7 Å². The Hall–Kier alpha value is -4.55. The molecule has 0 saturated heterocycles. The van der Waals surface area contributed by atoms with E-state index in [1.807, 2.05) is 0 Å². The first-order valence-corrected chi connectivity index (χ1v) is 14.4. The Kier molecular flexibility index (Phi) is 8.07. The molecule has 0 unspecified atom stereocenters. The summed E-state index contributed by atoms with van der Waals surface area (Å²) < 4.78 is 66.3. The maximum atomic E-state index is 12.9. The van der Waals surface area contributed by atoms with Gasteiger partial charge in [-0.1, -0.05) is 24.3 Å². The lowest BCUT2D eigenvalue weighted by Gasteiger charge is -2.13. The number of hydrogen-bond donors (Lipinski definition) is 3. The molecule has 0 aliphatic rings. The third-order valence-corrected chi connectivity index (χ3v) is 8.28. The number of nitrogens with one attached hydrogen (secondary N) is 3. The maximum Gasteiger partial charge on any atom is 0.262 e. The maximum absolute atomic E-state index is 12.9. The summed E-state index contributed by atoms with van der Waals surface area (Å²) in [5.74, 6) is 0.289. The van der Waals surface area contributed by atoms with Gasteiger partial charge in [0.1, 0.15) is 11.5 Å². The van der Waals surface area contributed by atoms with Gasteiger partial charge in [-0.15, -0.1) is 0 Å². The van der Waals surface area contributed by atoms with Crippen molar-refractivity contribution in [2.45, 2.75) is 9.79 Å². The number of anilines is 3. The number of methoxy groups -OCH3 is 2. The number of ether oxygens (including phenoxy) is 2. The van der Waals surface area contributed by atoms with Crippen LogP contribution in [0.15, 0.2) is 107 Å². The van der Waals surface area contributed by atoms with Crippen molar-refractivity contribution in [3.05, 3.63) is 103 Å². The molecule has 202 valence electrons. The van der Waals surface area contributed by atoms with Gasteiger partial charge in [0.2, 0.25) is 0 Å². The van der Waals surface area contributed by atoms with Crippen molar-refractivity contribution in [3.63, 3.8) is 0 Å². The smallest absolute Gasteiger partial charge is 0.262 e. The Balaban J connectivity index is 1.45. The minimum Gasteiger partial charge on any atom is -0.497 e. The largest absolute Gasteiger partial charge is 0.497 e. The Morgan fingerprint density at radius 3 is 1.97 bits per heavy atom. The first kappa shape index (κ1) is 27.5. The van der Waals surface area contributed by atoms with E-state index in [2.05, 4.69) is 14.8 Å². The number of benzene rings is 4. The van der Waals surface area contributed by atoms with Crippen molar-refractivity contribution in [2.24, 2.45) is 0 Å². The summed E-state index contributed by atoms with van der Waals surface area (Å²) in [6, 6.07) is 24.1. The van der Waals surface area contributed by atoms with E-state index in [9.17, 15) is 21.6 Å². The first-order valence-electron chi connectivity index (χ1n) is 11.5. The molecule has 0 aliphatic heterocycles. The van der Waals surface area contributed by atoms with Crippen LogP contribution in [0.25, 0.3) is 0 Å². The molecular formula is C27H25N3O7S2. The Morgan fingerprint density at radius 2 is 1.31 bits per heavy atom. The van der Waals surface area contributed by atoms with E-state index in [1.165, 1.54) is 74.9 Å². The Bertz CT molecular complexity index is 1690. The van der Waals surface area contributed by atoms with Crippen LogP contribution in [0.4, 0.5) is 17.1 Å². The first-order chi connectivity index (χ1) is 18.6. The van der Waals surface area contributed by atoms with Gasteiger partial charge in [0, 0.05) is 23.0 Å². The average Bonchev–Trinajstić information content (AvgIpc) is 2.94. The zero-order chi connectivity index (χ0) is 28.0. The van der Waals surface area contributed by atoms with Crippen molar-refractivity contribution in [1.82, 2.24) is 0 Å². The number of rotatable bonds is 10. The molecule has 0 aromatic heterocycles. The van der Waals surface area contributed by atoms with E-state index in [0.717, 1.165) is 0 Å². The Labute approximate surface area is 226 Å². The highest BCUT2D eigenvalue weighted by Crippen LogP contribution is 2.31. The number of carbonyl (C=O) groups is 1. The second kappa shape index (κ2) is 11.5. The standard InChI is InChI=1S/C27H25N3O7S2/c1-36-22-13-16-25(26(18-22)37-2)30-39(34,35)24-14-11-20(12-15-24)28-27(31)19-7-6-8-21(17-19)29-38(32,33)23-9-4-3-5-10-23/h3-18,29-30H,1-2H3,(H,28,31). The molecule has 12 heteroatoms. The molecule has 0 spiro atoms. The SMILES string of the molecule is COc1ccc(NS(=O)(=O)c2ccc(NC(=O)c3cccc(NS(=O)(=O)c4ccccc4)c3)cc2)c(OC)c1. The van der Waals surface area contributed by atoms with Crippen LogP contribution < -0.4 is 24.2 Å². The molecule has 0 fully saturated rings. The minimum atomic E-state index is -3.96. The lowest BCUT2D eigenvalue weighted by atomic mass is 10.2. The monoisotopic (exact) mass is 567 g/mol. The molecule has 0 saturated carbocycles. The molecular weight excluding hydrogens is 542 g/mol. The predicted molar refractivity (Wildman–Crippen MR) is 148 cm³/mol. The van der Waals surface area contributed by atoms with Gasteiger partial charge in [-0.3, -0.25) is 14.2 Å². The summed E-state index contributed by atoms with van der Waals surface area (Å²) in [4.78, 5) is 12.9. The topological polar surface area (TPSA) is 140 Å². The van der Waals surface area contributed by atoms with Gasteiger partial charge in [-0.2, -0.15) is 0 Å². The molecule has 0 bridgehead atoms. The molecule has 0 aliphatic carbocycles. The molecule has 4 aromatic rings.